The molecule has 0 atom stereocenters. The molecule has 2 aromatic rings. The van der Waals surface area contributed by atoms with E-state index in [-0.39, 0.29) is 11.6 Å². The molecule has 2 N–H and O–H groups in total. The number of hydrogen-bond acceptors (Lipinski definition) is 5. The first-order chi connectivity index (χ1) is 9.20. The topological polar surface area (TPSA) is 87.3 Å². The van der Waals surface area contributed by atoms with E-state index in [4.69, 9.17) is 15.2 Å². The molecule has 6 nitrogen and oxygen atoms in total. The number of ether oxygens (including phenoxy) is 2. The van der Waals surface area contributed by atoms with Crippen molar-refractivity contribution in [2.45, 2.75) is 6.92 Å². The SMILES string of the molecule is CCOc1ccccc1Oc1ncc(C(N)=O)cn1. The number of primary amides is 1. The maximum atomic E-state index is 10.9. The third-order valence-corrected chi connectivity index (χ3v) is 2.26. The third-order valence-electron chi connectivity index (χ3n) is 2.26. The number of hydrogen-bond donors (Lipinski definition) is 1. The van der Waals surface area contributed by atoms with Crippen molar-refractivity contribution < 1.29 is 14.3 Å². The molecule has 6 heteroatoms. The second-order valence-electron chi connectivity index (χ2n) is 3.60. The number of para-hydroxylation sites is 2. The molecule has 0 aliphatic heterocycles. The zero-order chi connectivity index (χ0) is 13.7. The first kappa shape index (κ1) is 12.8. The van der Waals surface area contributed by atoms with Crippen LogP contribution in [0.25, 0.3) is 0 Å². The van der Waals surface area contributed by atoms with Gasteiger partial charge in [-0.05, 0) is 19.1 Å². The second kappa shape index (κ2) is 5.81. The van der Waals surface area contributed by atoms with E-state index in [2.05, 4.69) is 9.97 Å². The van der Waals surface area contributed by atoms with Gasteiger partial charge >= 0.3 is 6.01 Å². The number of carbonyl (C=O) groups excluding carboxylic acids is 1. The average molecular weight is 259 g/mol. The molecule has 0 bridgehead atoms. The predicted molar refractivity (Wildman–Crippen MR) is 68.2 cm³/mol. The summed E-state index contributed by atoms with van der Waals surface area (Å²) in [5, 5.41) is 0. The summed E-state index contributed by atoms with van der Waals surface area (Å²) in [4.78, 5) is 18.7. The van der Waals surface area contributed by atoms with Gasteiger partial charge in [-0.25, -0.2) is 9.97 Å². The van der Waals surface area contributed by atoms with Gasteiger partial charge in [-0.3, -0.25) is 4.79 Å². The van der Waals surface area contributed by atoms with Crippen LogP contribution in [0, 0.1) is 0 Å². The van der Waals surface area contributed by atoms with Crippen LogP contribution in [0.4, 0.5) is 0 Å². The number of rotatable bonds is 5. The van der Waals surface area contributed by atoms with Crippen LogP contribution >= 0.6 is 0 Å². The van der Waals surface area contributed by atoms with E-state index in [1.54, 1.807) is 12.1 Å². The Morgan fingerprint density at radius 2 is 1.84 bits per heavy atom. The van der Waals surface area contributed by atoms with E-state index < -0.39 is 5.91 Å². The predicted octanol–water partition coefficient (Wildman–Crippen LogP) is 1.77. The van der Waals surface area contributed by atoms with Gasteiger partial charge in [0.05, 0.1) is 12.2 Å². The fourth-order valence-electron chi connectivity index (χ4n) is 1.40. The molecule has 19 heavy (non-hydrogen) atoms. The van der Waals surface area contributed by atoms with Gasteiger partial charge in [0, 0.05) is 12.4 Å². The average Bonchev–Trinajstić information content (AvgIpc) is 2.42. The Bertz CT molecular complexity index is 570. The van der Waals surface area contributed by atoms with Crippen molar-refractivity contribution in [1.29, 1.82) is 0 Å². The van der Waals surface area contributed by atoms with Crippen LogP contribution in [0.2, 0.25) is 0 Å². The van der Waals surface area contributed by atoms with Gasteiger partial charge in [-0.15, -0.1) is 0 Å². The van der Waals surface area contributed by atoms with Gasteiger partial charge < -0.3 is 15.2 Å². The smallest absolute Gasteiger partial charge is 0.322 e. The highest BCUT2D eigenvalue weighted by molar-refractivity contribution is 5.92. The van der Waals surface area contributed by atoms with Crippen molar-refractivity contribution >= 4 is 5.91 Å². The molecule has 0 saturated heterocycles. The fourth-order valence-corrected chi connectivity index (χ4v) is 1.40. The molecule has 98 valence electrons. The van der Waals surface area contributed by atoms with Crippen molar-refractivity contribution in [3.63, 3.8) is 0 Å². The molecule has 0 aliphatic carbocycles. The second-order valence-corrected chi connectivity index (χ2v) is 3.60. The summed E-state index contributed by atoms with van der Waals surface area (Å²) < 4.78 is 10.9. The van der Waals surface area contributed by atoms with Crippen LogP contribution in [0.5, 0.6) is 17.5 Å². The van der Waals surface area contributed by atoms with Crippen molar-refractivity contribution in [2.24, 2.45) is 5.73 Å². The Balaban J connectivity index is 2.19. The lowest BCUT2D eigenvalue weighted by atomic mass is 10.3. The number of nitrogens with two attached hydrogens (primary N) is 1. The minimum atomic E-state index is -0.582. The van der Waals surface area contributed by atoms with E-state index in [9.17, 15) is 4.79 Å². The van der Waals surface area contributed by atoms with Crippen molar-refractivity contribution in [3.8, 4) is 17.5 Å². The summed E-state index contributed by atoms with van der Waals surface area (Å²) in [5.74, 6) is 0.532. The molecule has 1 heterocycles. The van der Waals surface area contributed by atoms with Crippen molar-refractivity contribution in [1.82, 2.24) is 9.97 Å². The first-order valence-corrected chi connectivity index (χ1v) is 5.72. The molecule has 0 saturated carbocycles. The highest BCUT2D eigenvalue weighted by atomic mass is 16.5. The molecule has 2 rings (SSSR count). The standard InChI is InChI=1S/C13H13N3O3/c1-2-18-10-5-3-4-6-11(10)19-13-15-7-9(8-16-13)12(14)17/h3-8H,2H2,1H3,(H2,14,17). The lowest BCUT2D eigenvalue weighted by molar-refractivity contribution is 0.0999. The molecular formula is C13H13N3O3. The van der Waals surface area contributed by atoms with Crippen LogP contribution in [-0.2, 0) is 0 Å². The number of carbonyl (C=O) groups is 1. The van der Waals surface area contributed by atoms with Gasteiger partial charge in [-0.1, -0.05) is 12.1 Å². The minimum Gasteiger partial charge on any atom is -0.490 e. The number of nitrogens with zero attached hydrogens (tertiary/aromatic N) is 2. The van der Waals surface area contributed by atoms with E-state index in [1.165, 1.54) is 12.4 Å². The molecule has 0 unspecified atom stereocenters. The van der Waals surface area contributed by atoms with Crippen molar-refractivity contribution in [3.05, 3.63) is 42.2 Å². The Hall–Kier alpha value is -2.63. The summed E-state index contributed by atoms with van der Waals surface area (Å²) in [7, 11) is 0. The highest BCUT2D eigenvalue weighted by Gasteiger charge is 2.08. The molecular weight excluding hydrogens is 246 g/mol. The third kappa shape index (κ3) is 3.19. The maximum Gasteiger partial charge on any atom is 0.322 e. The van der Waals surface area contributed by atoms with Gasteiger partial charge in [0.15, 0.2) is 11.5 Å². The Morgan fingerprint density at radius 3 is 2.42 bits per heavy atom. The highest BCUT2D eigenvalue weighted by Crippen LogP contribution is 2.29. The zero-order valence-corrected chi connectivity index (χ0v) is 10.4. The van der Waals surface area contributed by atoms with Crippen LogP contribution < -0.4 is 15.2 Å². The van der Waals surface area contributed by atoms with E-state index in [1.807, 2.05) is 19.1 Å². The minimum absolute atomic E-state index is 0.122. The lowest BCUT2D eigenvalue weighted by Gasteiger charge is -2.09. The number of benzene rings is 1. The largest absolute Gasteiger partial charge is 0.490 e. The van der Waals surface area contributed by atoms with Crippen molar-refractivity contribution in [2.75, 3.05) is 6.61 Å². The van der Waals surface area contributed by atoms with Crippen LogP contribution in [0.3, 0.4) is 0 Å². The quantitative estimate of drug-likeness (QED) is 0.884. The first-order valence-electron chi connectivity index (χ1n) is 5.72. The monoisotopic (exact) mass is 259 g/mol. The Labute approximate surface area is 110 Å². The molecule has 1 aromatic heterocycles. The van der Waals surface area contributed by atoms with E-state index in [0.717, 1.165) is 0 Å². The Kier molecular flexibility index (Phi) is 3.92. The summed E-state index contributed by atoms with van der Waals surface area (Å²) in [5.41, 5.74) is 5.33. The molecule has 0 spiro atoms. The van der Waals surface area contributed by atoms with Gasteiger partial charge in [0.25, 0.3) is 5.91 Å². The van der Waals surface area contributed by atoms with Gasteiger partial charge in [0.1, 0.15) is 0 Å². The number of amides is 1. The van der Waals surface area contributed by atoms with Crippen LogP contribution in [-0.4, -0.2) is 22.5 Å². The normalized spacial score (nSPS) is 9.95. The molecule has 0 aliphatic rings. The zero-order valence-electron chi connectivity index (χ0n) is 10.4. The molecule has 1 amide bonds. The lowest BCUT2D eigenvalue weighted by Crippen LogP contribution is -2.11. The molecule has 0 fully saturated rings. The summed E-state index contributed by atoms with van der Waals surface area (Å²) in [6.07, 6.45) is 2.63. The Morgan fingerprint density at radius 1 is 1.21 bits per heavy atom. The summed E-state index contributed by atoms with van der Waals surface area (Å²) in [6, 6.07) is 7.31. The molecule has 0 radical (unpaired) electrons. The summed E-state index contributed by atoms with van der Waals surface area (Å²) >= 11 is 0. The molecule has 1 aromatic carbocycles. The summed E-state index contributed by atoms with van der Waals surface area (Å²) in [6.45, 7) is 2.41. The van der Waals surface area contributed by atoms with Gasteiger partial charge in [-0.2, -0.15) is 0 Å². The van der Waals surface area contributed by atoms with Crippen LogP contribution in [0.1, 0.15) is 17.3 Å². The van der Waals surface area contributed by atoms with Gasteiger partial charge in [0.2, 0.25) is 0 Å². The number of aromatic nitrogens is 2. The fraction of sp³-hybridized carbons (Fsp3) is 0.154. The van der Waals surface area contributed by atoms with Crippen LogP contribution in [0.15, 0.2) is 36.7 Å². The van der Waals surface area contributed by atoms with E-state index >= 15 is 0 Å². The maximum absolute atomic E-state index is 10.9. The van der Waals surface area contributed by atoms with E-state index in [0.29, 0.717) is 18.1 Å².